The molecule has 0 saturated heterocycles. The van der Waals surface area contributed by atoms with Crippen LogP contribution in [0.15, 0.2) is 6.07 Å². The fraction of sp³-hybridized carbons (Fsp3) is 0.333. The van der Waals surface area contributed by atoms with Gasteiger partial charge in [-0.05, 0) is 18.6 Å². The van der Waals surface area contributed by atoms with Gasteiger partial charge in [0.25, 0.3) is 0 Å². The van der Waals surface area contributed by atoms with Gasteiger partial charge in [0.15, 0.2) is 0 Å². The highest BCUT2D eigenvalue weighted by Gasteiger charge is 2.20. The maximum Gasteiger partial charge on any atom is 0.237 e. The largest absolute Gasteiger partial charge is 0.496 e. The van der Waals surface area contributed by atoms with Gasteiger partial charge in [0, 0.05) is 16.2 Å². The van der Waals surface area contributed by atoms with Crippen molar-refractivity contribution in [2.45, 2.75) is 12.7 Å². The number of benzene rings is 1. The number of rotatable bonds is 3. The smallest absolute Gasteiger partial charge is 0.237 e. The lowest BCUT2D eigenvalue weighted by atomic mass is 10.1. The Bertz CT molecular complexity index is 514. The van der Waals surface area contributed by atoms with Crippen LogP contribution in [0.3, 0.4) is 0 Å². The molecule has 0 unspecified atom stereocenters. The third-order valence-electron chi connectivity index (χ3n) is 1.97. The first-order valence-corrected chi connectivity index (χ1v) is 7.05. The van der Waals surface area contributed by atoms with Gasteiger partial charge in [0.1, 0.15) is 11.6 Å². The Labute approximate surface area is 103 Å². The summed E-state index contributed by atoms with van der Waals surface area (Å²) >= 11 is 5.61. The van der Waals surface area contributed by atoms with E-state index >= 15 is 0 Å². The van der Waals surface area contributed by atoms with Crippen molar-refractivity contribution >= 4 is 31.3 Å². The van der Waals surface area contributed by atoms with E-state index < -0.39 is 20.6 Å². The highest BCUT2D eigenvalue weighted by molar-refractivity contribution is 8.13. The van der Waals surface area contributed by atoms with Crippen molar-refractivity contribution < 1.29 is 17.5 Å². The third-order valence-corrected chi connectivity index (χ3v) is 3.21. The molecule has 0 heterocycles. The van der Waals surface area contributed by atoms with Gasteiger partial charge in [-0.1, -0.05) is 11.6 Å². The fourth-order valence-corrected chi connectivity index (χ4v) is 2.59. The molecule has 0 spiro atoms. The molecule has 0 radical (unpaired) electrons. The number of hydrogen-bond acceptors (Lipinski definition) is 3. The molecular weight excluding hydrogens is 278 g/mol. The zero-order valence-corrected chi connectivity index (χ0v) is 10.9. The Hall–Kier alpha value is -0.520. The first-order chi connectivity index (χ1) is 7.26. The van der Waals surface area contributed by atoms with Gasteiger partial charge in [0.05, 0.1) is 17.9 Å². The van der Waals surface area contributed by atoms with Gasteiger partial charge >= 0.3 is 0 Å². The highest BCUT2D eigenvalue weighted by Crippen LogP contribution is 2.33. The molecule has 0 aliphatic carbocycles. The average Bonchev–Trinajstić information content (AvgIpc) is 2.12. The van der Waals surface area contributed by atoms with E-state index in [0.717, 1.165) is 0 Å². The number of ether oxygens (including phenoxy) is 1. The monoisotopic (exact) mass is 286 g/mol. The maximum absolute atomic E-state index is 13.6. The average molecular weight is 287 g/mol. The van der Waals surface area contributed by atoms with E-state index in [1.54, 1.807) is 6.92 Å². The van der Waals surface area contributed by atoms with Crippen LogP contribution in [0.2, 0.25) is 5.02 Å². The topological polar surface area (TPSA) is 43.4 Å². The van der Waals surface area contributed by atoms with Gasteiger partial charge in [-0.25, -0.2) is 12.8 Å². The Kier molecular flexibility index (Phi) is 4.04. The number of aryl methyl sites for hydroxylation is 1. The molecule has 0 amide bonds. The summed E-state index contributed by atoms with van der Waals surface area (Å²) < 4.78 is 40.4. The van der Waals surface area contributed by atoms with Crippen LogP contribution >= 0.6 is 22.3 Å². The first-order valence-electron chi connectivity index (χ1n) is 4.20. The van der Waals surface area contributed by atoms with Gasteiger partial charge in [-0.3, -0.25) is 0 Å². The molecule has 0 bridgehead atoms. The van der Waals surface area contributed by atoms with Gasteiger partial charge in [0.2, 0.25) is 9.05 Å². The highest BCUT2D eigenvalue weighted by atomic mass is 35.7. The van der Waals surface area contributed by atoms with Crippen molar-refractivity contribution in [1.82, 2.24) is 0 Å². The molecule has 0 fully saturated rings. The summed E-state index contributed by atoms with van der Waals surface area (Å²) in [4.78, 5) is 0. The molecule has 1 aromatic carbocycles. The number of methoxy groups -OCH3 is 1. The lowest BCUT2D eigenvalue weighted by Crippen LogP contribution is -2.04. The zero-order valence-electron chi connectivity index (χ0n) is 8.55. The summed E-state index contributed by atoms with van der Waals surface area (Å²) in [6, 6.07) is 1.36. The molecule has 1 aromatic rings. The van der Waals surface area contributed by atoms with Crippen LogP contribution in [0.4, 0.5) is 4.39 Å². The van der Waals surface area contributed by atoms with E-state index in [2.05, 4.69) is 0 Å². The SMILES string of the molecule is COc1c(C)cc(Cl)c(F)c1CS(=O)(=O)Cl. The van der Waals surface area contributed by atoms with Crippen LogP contribution in [-0.2, 0) is 14.8 Å². The molecule has 0 atom stereocenters. The van der Waals surface area contributed by atoms with Crippen molar-refractivity contribution in [2.24, 2.45) is 0 Å². The van der Waals surface area contributed by atoms with E-state index in [1.807, 2.05) is 0 Å². The fourth-order valence-electron chi connectivity index (χ4n) is 1.39. The molecule has 0 saturated carbocycles. The molecule has 0 aromatic heterocycles. The summed E-state index contributed by atoms with van der Waals surface area (Å²) in [6.07, 6.45) is 0. The maximum atomic E-state index is 13.6. The second-order valence-corrected chi connectivity index (χ2v) is 6.37. The Morgan fingerprint density at radius 1 is 1.50 bits per heavy atom. The predicted octanol–water partition coefficient (Wildman–Crippen LogP) is 2.86. The number of halogens is 3. The van der Waals surface area contributed by atoms with Crippen LogP contribution < -0.4 is 4.74 Å². The first kappa shape index (κ1) is 13.5. The lowest BCUT2D eigenvalue weighted by Gasteiger charge is -2.12. The van der Waals surface area contributed by atoms with Crippen molar-refractivity contribution in [3.8, 4) is 5.75 Å². The van der Waals surface area contributed by atoms with Gasteiger partial charge in [-0.2, -0.15) is 0 Å². The summed E-state index contributed by atoms with van der Waals surface area (Å²) in [6.45, 7) is 1.63. The summed E-state index contributed by atoms with van der Waals surface area (Å²) in [5, 5.41) is -0.159. The zero-order chi connectivity index (χ0) is 12.5. The lowest BCUT2D eigenvalue weighted by molar-refractivity contribution is 0.403. The summed E-state index contributed by atoms with van der Waals surface area (Å²) in [5.41, 5.74) is 0.395. The van der Waals surface area contributed by atoms with Gasteiger partial charge in [-0.15, -0.1) is 0 Å². The standard InChI is InChI=1S/C9H9Cl2FO3S/c1-5-3-7(10)8(12)6(9(5)15-2)4-16(11,13)14/h3H,4H2,1-2H3. The molecule has 0 aliphatic heterocycles. The van der Waals surface area contributed by atoms with E-state index in [1.165, 1.54) is 13.2 Å². The minimum atomic E-state index is -3.87. The molecule has 0 aliphatic rings. The van der Waals surface area contributed by atoms with Gasteiger partial charge < -0.3 is 4.74 Å². The second-order valence-electron chi connectivity index (χ2n) is 3.18. The molecule has 7 heteroatoms. The summed E-state index contributed by atoms with van der Waals surface area (Å²) in [5.74, 6) is -1.34. The van der Waals surface area contributed by atoms with Crippen LogP contribution in [0.5, 0.6) is 5.75 Å². The van der Waals surface area contributed by atoms with Crippen LogP contribution in [-0.4, -0.2) is 15.5 Å². The van der Waals surface area contributed by atoms with E-state index in [-0.39, 0.29) is 16.3 Å². The van der Waals surface area contributed by atoms with Crippen molar-refractivity contribution in [2.75, 3.05) is 7.11 Å². The second kappa shape index (κ2) is 4.77. The molecule has 0 N–H and O–H groups in total. The van der Waals surface area contributed by atoms with E-state index in [4.69, 9.17) is 27.0 Å². The Morgan fingerprint density at radius 2 is 2.06 bits per heavy atom. The molecule has 90 valence electrons. The third kappa shape index (κ3) is 2.99. The minimum absolute atomic E-state index is 0.145. The van der Waals surface area contributed by atoms with Crippen molar-refractivity contribution in [3.63, 3.8) is 0 Å². The summed E-state index contributed by atoms with van der Waals surface area (Å²) in [7, 11) is 2.53. The van der Waals surface area contributed by atoms with Crippen molar-refractivity contribution in [1.29, 1.82) is 0 Å². The Morgan fingerprint density at radius 3 is 2.50 bits per heavy atom. The predicted molar refractivity (Wildman–Crippen MR) is 61.2 cm³/mol. The molecule has 16 heavy (non-hydrogen) atoms. The van der Waals surface area contributed by atoms with E-state index in [0.29, 0.717) is 5.56 Å². The molecule has 1 rings (SSSR count). The normalized spacial score (nSPS) is 11.6. The molecule has 3 nitrogen and oxygen atoms in total. The van der Waals surface area contributed by atoms with E-state index in [9.17, 15) is 12.8 Å². The van der Waals surface area contributed by atoms with Crippen LogP contribution in [0, 0.1) is 12.7 Å². The quantitative estimate of drug-likeness (QED) is 0.803. The van der Waals surface area contributed by atoms with Crippen LogP contribution in [0.25, 0.3) is 0 Å². The number of hydrogen-bond donors (Lipinski definition) is 0. The molecular formula is C9H9Cl2FO3S. The van der Waals surface area contributed by atoms with Crippen LogP contribution in [0.1, 0.15) is 11.1 Å². The Balaban J connectivity index is 3.45. The minimum Gasteiger partial charge on any atom is -0.496 e. The van der Waals surface area contributed by atoms with Crippen molar-refractivity contribution in [3.05, 3.63) is 28.0 Å².